The minimum Gasteiger partial charge on any atom is -0.317 e. The molecule has 0 atom stereocenters. The molecule has 3 aromatic rings. The first-order valence-corrected chi connectivity index (χ1v) is 7.69. The van der Waals surface area contributed by atoms with Crippen LogP contribution in [-0.4, -0.2) is 30.0 Å². The van der Waals surface area contributed by atoms with E-state index in [1.807, 2.05) is 0 Å². The molecule has 3 rings (SSSR count). The molecule has 0 spiro atoms. The van der Waals surface area contributed by atoms with Crippen molar-refractivity contribution in [3.8, 4) is 5.69 Å². The molecule has 0 amide bonds. The summed E-state index contributed by atoms with van der Waals surface area (Å²) < 4.78 is 2.93. The number of benzene rings is 1. The van der Waals surface area contributed by atoms with Gasteiger partial charge < -0.3 is 4.57 Å². The molecular formula is C17H13N5O5. The number of non-ortho nitro benzene ring substituents is 1. The van der Waals surface area contributed by atoms with Gasteiger partial charge in [-0.2, -0.15) is 5.10 Å². The molecule has 0 bridgehead atoms. The largest absolute Gasteiger partial charge is 0.318 e. The maximum atomic E-state index is 12.3. The van der Waals surface area contributed by atoms with Gasteiger partial charge >= 0.3 is 5.69 Å². The van der Waals surface area contributed by atoms with E-state index in [0.717, 1.165) is 0 Å². The van der Waals surface area contributed by atoms with Gasteiger partial charge in [-0.25, -0.2) is 0 Å². The summed E-state index contributed by atoms with van der Waals surface area (Å²) in [4.78, 5) is 32.9. The number of carbonyl (C=O) groups excluding carboxylic acids is 1. The van der Waals surface area contributed by atoms with E-state index in [-0.39, 0.29) is 17.1 Å². The fourth-order valence-corrected chi connectivity index (χ4v) is 2.53. The van der Waals surface area contributed by atoms with Crippen molar-refractivity contribution in [1.82, 2.24) is 14.3 Å². The maximum absolute atomic E-state index is 12.3. The van der Waals surface area contributed by atoms with Crippen LogP contribution in [0.2, 0.25) is 0 Å². The number of nitro groups is 2. The Labute approximate surface area is 152 Å². The molecule has 0 aliphatic rings. The molecule has 0 saturated heterocycles. The topological polar surface area (TPSA) is 126 Å². The van der Waals surface area contributed by atoms with E-state index in [9.17, 15) is 25.0 Å². The number of aromatic nitrogens is 3. The number of nitrogens with zero attached hydrogens (tertiary/aromatic N) is 5. The molecule has 1 aromatic carbocycles. The number of hydrogen-bond donors (Lipinski definition) is 0. The van der Waals surface area contributed by atoms with Crippen LogP contribution >= 0.6 is 0 Å². The predicted molar refractivity (Wildman–Crippen MR) is 95.7 cm³/mol. The summed E-state index contributed by atoms with van der Waals surface area (Å²) in [6.07, 6.45) is 5.60. The lowest BCUT2D eigenvalue weighted by atomic mass is 10.2. The summed E-state index contributed by atoms with van der Waals surface area (Å²) in [6, 6.07) is 9.41. The molecule has 0 aliphatic carbocycles. The van der Waals surface area contributed by atoms with Gasteiger partial charge in [-0.15, -0.1) is 0 Å². The van der Waals surface area contributed by atoms with Crippen molar-refractivity contribution in [3.05, 3.63) is 86.5 Å². The molecule has 10 heteroatoms. The van der Waals surface area contributed by atoms with Crippen LogP contribution in [-0.2, 0) is 7.05 Å². The van der Waals surface area contributed by atoms with Crippen LogP contribution in [0.15, 0.2) is 54.9 Å². The van der Waals surface area contributed by atoms with E-state index >= 15 is 0 Å². The van der Waals surface area contributed by atoms with Crippen LogP contribution in [0.25, 0.3) is 11.8 Å². The minimum atomic E-state index is -0.659. The number of allylic oxidation sites excluding steroid dienone is 1. The Hall–Kier alpha value is -4.08. The van der Waals surface area contributed by atoms with Crippen molar-refractivity contribution >= 4 is 23.2 Å². The van der Waals surface area contributed by atoms with Crippen LogP contribution in [0, 0.1) is 20.2 Å². The number of hydrogen-bond acceptors (Lipinski definition) is 6. The summed E-state index contributed by atoms with van der Waals surface area (Å²) in [6.45, 7) is 0. The highest BCUT2D eigenvalue weighted by molar-refractivity contribution is 6.07. The molecule has 0 saturated carbocycles. The monoisotopic (exact) mass is 367 g/mol. The Bertz CT molecular complexity index is 1060. The van der Waals surface area contributed by atoms with Crippen LogP contribution < -0.4 is 0 Å². The van der Waals surface area contributed by atoms with E-state index in [1.54, 1.807) is 35.0 Å². The highest BCUT2D eigenvalue weighted by Crippen LogP contribution is 2.20. The second-order valence-corrected chi connectivity index (χ2v) is 5.57. The lowest BCUT2D eigenvalue weighted by Crippen LogP contribution is -2.01. The van der Waals surface area contributed by atoms with E-state index in [2.05, 4.69) is 5.10 Å². The second-order valence-electron chi connectivity index (χ2n) is 5.57. The van der Waals surface area contributed by atoms with Crippen molar-refractivity contribution in [2.75, 3.05) is 0 Å². The van der Waals surface area contributed by atoms with Crippen molar-refractivity contribution < 1.29 is 14.6 Å². The number of rotatable bonds is 6. The zero-order valence-corrected chi connectivity index (χ0v) is 14.1. The first kappa shape index (κ1) is 17.7. The summed E-state index contributed by atoms with van der Waals surface area (Å²) in [5.41, 5.74) is 0.656. The lowest BCUT2D eigenvalue weighted by molar-refractivity contribution is -0.385. The highest BCUT2D eigenvalue weighted by Gasteiger charge is 2.23. The molecule has 0 radical (unpaired) electrons. The Kier molecular flexibility index (Phi) is 4.62. The van der Waals surface area contributed by atoms with E-state index in [4.69, 9.17) is 0 Å². The summed E-state index contributed by atoms with van der Waals surface area (Å²) in [7, 11) is 1.49. The van der Waals surface area contributed by atoms with Crippen molar-refractivity contribution in [2.45, 2.75) is 0 Å². The maximum Gasteiger partial charge on any atom is 0.318 e. The Morgan fingerprint density at radius 3 is 2.44 bits per heavy atom. The van der Waals surface area contributed by atoms with Gasteiger partial charge in [0.25, 0.3) is 5.69 Å². The summed E-state index contributed by atoms with van der Waals surface area (Å²) in [5.74, 6) is -0.598. The smallest absolute Gasteiger partial charge is 0.317 e. The van der Waals surface area contributed by atoms with Gasteiger partial charge in [0.15, 0.2) is 0 Å². The van der Waals surface area contributed by atoms with Crippen LogP contribution in [0.1, 0.15) is 16.2 Å². The molecule has 0 unspecified atom stereocenters. The Morgan fingerprint density at radius 1 is 1.11 bits per heavy atom. The van der Waals surface area contributed by atoms with Gasteiger partial charge in [-0.3, -0.25) is 29.7 Å². The van der Waals surface area contributed by atoms with Gasteiger partial charge in [0.2, 0.25) is 11.5 Å². The van der Waals surface area contributed by atoms with Gasteiger partial charge in [0.1, 0.15) is 6.20 Å². The zero-order valence-electron chi connectivity index (χ0n) is 14.1. The van der Waals surface area contributed by atoms with Crippen molar-refractivity contribution in [1.29, 1.82) is 0 Å². The van der Waals surface area contributed by atoms with Crippen molar-refractivity contribution in [2.24, 2.45) is 7.05 Å². The summed E-state index contributed by atoms with van der Waals surface area (Å²) in [5, 5.41) is 25.6. The lowest BCUT2D eigenvalue weighted by Gasteiger charge is -2.06. The van der Waals surface area contributed by atoms with Crippen LogP contribution in [0.3, 0.4) is 0 Å². The standard InChI is InChI=1S/C17H13N5O5/c1-19-11-15(22(26)27)17(18-19)16(23)9-8-12-3-2-10-20(12)13-4-6-14(7-5-13)21(24)25/h2-11H,1H3/b9-8+. The first-order chi connectivity index (χ1) is 12.9. The van der Waals surface area contributed by atoms with Gasteiger partial charge in [0.05, 0.1) is 9.85 Å². The van der Waals surface area contributed by atoms with Crippen molar-refractivity contribution in [3.63, 3.8) is 0 Å². The molecule has 136 valence electrons. The number of ketones is 1. The highest BCUT2D eigenvalue weighted by atomic mass is 16.6. The third-order valence-corrected chi connectivity index (χ3v) is 3.76. The fourth-order valence-electron chi connectivity index (χ4n) is 2.53. The van der Waals surface area contributed by atoms with Gasteiger partial charge in [-0.1, -0.05) is 0 Å². The van der Waals surface area contributed by atoms with Gasteiger partial charge in [0, 0.05) is 36.8 Å². The fraction of sp³-hybridized carbons (Fsp3) is 0.0588. The molecular weight excluding hydrogens is 354 g/mol. The van der Waals surface area contributed by atoms with Crippen LogP contribution in [0.4, 0.5) is 11.4 Å². The molecule has 0 fully saturated rings. The third-order valence-electron chi connectivity index (χ3n) is 3.76. The first-order valence-electron chi connectivity index (χ1n) is 7.69. The molecule has 27 heavy (non-hydrogen) atoms. The third kappa shape index (κ3) is 3.63. The molecule has 0 aliphatic heterocycles. The average Bonchev–Trinajstić information content (AvgIpc) is 3.26. The number of carbonyl (C=O) groups is 1. The molecule has 2 heterocycles. The quantitative estimate of drug-likeness (QED) is 0.285. The SMILES string of the molecule is Cn1cc([N+](=O)[O-])c(C(=O)/C=C/c2cccn2-c2ccc([N+](=O)[O-])cc2)n1. The normalized spacial score (nSPS) is 11.0. The predicted octanol–water partition coefficient (Wildman–Crippen LogP) is 2.92. The van der Waals surface area contributed by atoms with E-state index in [1.165, 1.54) is 42.2 Å². The Balaban J connectivity index is 1.87. The molecule has 10 nitrogen and oxygen atoms in total. The zero-order chi connectivity index (χ0) is 19.6. The molecule has 2 aromatic heterocycles. The average molecular weight is 367 g/mol. The van der Waals surface area contributed by atoms with Crippen LogP contribution in [0.5, 0.6) is 0 Å². The Morgan fingerprint density at radius 2 is 1.81 bits per heavy atom. The van der Waals surface area contributed by atoms with Gasteiger partial charge in [-0.05, 0) is 36.4 Å². The second kappa shape index (κ2) is 7.04. The number of aryl methyl sites for hydroxylation is 1. The minimum absolute atomic E-state index is 0.0272. The summed E-state index contributed by atoms with van der Waals surface area (Å²) >= 11 is 0. The van der Waals surface area contributed by atoms with E-state index < -0.39 is 15.6 Å². The number of nitro benzene ring substituents is 1. The van der Waals surface area contributed by atoms with E-state index in [0.29, 0.717) is 11.4 Å². The molecule has 0 N–H and O–H groups in total.